The number of aromatic carboxylic acids is 1. The molecule has 4 fully saturated rings. The van der Waals surface area contributed by atoms with Gasteiger partial charge in [0, 0.05) is 12.1 Å². The van der Waals surface area contributed by atoms with Gasteiger partial charge in [0.1, 0.15) is 6.33 Å². The highest BCUT2D eigenvalue weighted by Gasteiger charge is 2.49. The minimum Gasteiger partial charge on any atom is -0.478 e. The zero-order chi connectivity index (χ0) is 13.0. The van der Waals surface area contributed by atoms with Gasteiger partial charge >= 0.3 is 5.97 Å². The number of aromatic nitrogens is 2. The first-order valence-corrected chi connectivity index (χ1v) is 7.25. The monoisotopic (exact) mass is 258 g/mol. The lowest BCUT2D eigenvalue weighted by atomic mass is 9.51. The molecule has 5 rings (SSSR count). The molecule has 4 saturated carbocycles. The lowest BCUT2D eigenvalue weighted by Gasteiger charge is -2.54. The number of carboxylic acid groups (broad SMARTS) is 1. The van der Waals surface area contributed by atoms with E-state index >= 15 is 0 Å². The highest BCUT2D eigenvalue weighted by atomic mass is 16.4. The molecular weight excluding hydrogens is 240 g/mol. The summed E-state index contributed by atoms with van der Waals surface area (Å²) in [6.07, 6.45) is 9.50. The predicted molar refractivity (Wildman–Crippen MR) is 68.8 cm³/mol. The van der Waals surface area contributed by atoms with Crippen LogP contribution in [0, 0.1) is 23.7 Å². The molecule has 1 aromatic rings. The summed E-state index contributed by atoms with van der Waals surface area (Å²) in [6.45, 7) is 0. The molecule has 0 radical (unpaired) electrons. The van der Waals surface area contributed by atoms with E-state index < -0.39 is 5.97 Å². The van der Waals surface area contributed by atoms with Crippen LogP contribution in [0.5, 0.6) is 0 Å². The number of nitrogens with zero attached hydrogens (tertiary/aromatic N) is 2. The van der Waals surface area contributed by atoms with E-state index in [0.717, 1.165) is 17.5 Å². The molecule has 1 N–H and O–H groups in total. The third kappa shape index (κ3) is 1.69. The molecule has 100 valence electrons. The Morgan fingerprint density at radius 3 is 2.32 bits per heavy atom. The fourth-order valence-electron chi connectivity index (χ4n) is 5.14. The van der Waals surface area contributed by atoms with Gasteiger partial charge in [0.25, 0.3) is 0 Å². The van der Waals surface area contributed by atoms with E-state index in [2.05, 4.69) is 9.97 Å². The van der Waals surface area contributed by atoms with E-state index in [9.17, 15) is 9.90 Å². The van der Waals surface area contributed by atoms with Crippen molar-refractivity contribution in [1.82, 2.24) is 9.97 Å². The van der Waals surface area contributed by atoms with Crippen molar-refractivity contribution in [2.24, 2.45) is 23.7 Å². The fraction of sp³-hybridized carbons (Fsp3) is 0.667. The Balaban J connectivity index is 1.75. The molecular formula is C15H18N2O2. The van der Waals surface area contributed by atoms with Gasteiger partial charge in [0.2, 0.25) is 0 Å². The lowest BCUT2D eigenvalue weighted by Crippen LogP contribution is -2.44. The number of hydrogen-bond acceptors (Lipinski definition) is 3. The van der Waals surface area contributed by atoms with Crippen molar-refractivity contribution < 1.29 is 9.90 Å². The van der Waals surface area contributed by atoms with Crippen molar-refractivity contribution in [3.8, 4) is 0 Å². The zero-order valence-electron chi connectivity index (χ0n) is 10.8. The van der Waals surface area contributed by atoms with Crippen LogP contribution in [0.2, 0.25) is 0 Å². The molecule has 0 aromatic carbocycles. The zero-order valence-corrected chi connectivity index (χ0v) is 10.8. The van der Waals surface area contributed by atoms with Gasteiger partial charge in [-0.3, -0.25) is 0 Å². The van der Waals surface area contributed by atoms with Crippen LogP contribution >= 0.6 is 0 Å². The lowest BCUT2D eigenvalue weighted by molar-refractivity contribution is -0.00460. The standard InChI is InChI=1S/C15H18N2O2/c18-15(19)12-6-16-7-17-14(12)13-10-2-8-1-9(4-10)5-11(13)3-8/h6-11,13H,1-5H2,(H,18,19). The van der Waals surface area contributed by atoms with Crippen molar-refractivity contribution in [1.29, 1.82) is 0 Å². The van der Waals surface area contributed by atoms with Crippen LogP contribution < -0.4 is 0 Å². The Hall–Kier alpha value is -1.45. The summed E-state index contributed by atoms with van der Waals surface area (Å²) < 4.78 is 0. The maximum atomic E-state index is 11.4. The predicted octanol–water partition coefficient (Wildman–Crippen LogP) is 2.71. The van der Waals surface area contributed by atoms with Crippen LogP contribution in [-0.2, 0) is 0 Å². The van der Waals surface area contributed by atoms with Gasteiger partial charge in [-0.05, 0) is 55.8 Å². The van der Waals surface area contributed by atoms with Crippen LogP contribution in [0.1, 0.15) is 54.1 Å². The minimum atomic E-state index is -0.885. The van der Waals surface area contributed by atoms with E-state index in [4.69, 9.17) is 0 Å². The Morgan fingerprint density at radius 2 is 1.74 bits per heavy atom. The first kappa shape index (κ1) is 11.4. The van der Waals surface area contributed by atoms with Gasteiger partial charge in [-0.25, -0.2) is 14.8 Å². The SMILES string of the molecule is O=C(O)c1cncnc1C1C2CC3CC(C2)CC1C3. The maximum absolute atomic E-state index is 11.4. The summed E-state index contributed by atoms with van der Waals surface area (Å²) in [5.41, 5.74) is 1.12. The summed E-state index contributed by atoms with van der Waals surface area (Å²) >= 11 is 0. The van der Waals surface area contributed by atoms with Gasteiger partial charge in [-0.2, -0.15) is 0 Å². The highest BCUT2D eigenvalue weighted by Crippen LogP contribution is 2.59. The van der Waals surface area contributed by atoms with Crippen molar-refractivity contribution in [3.05, 3.63) is 23.8 Å². The minimum absolute atomic E-state index is 0.319. The van der Waals surface area contributed by atoms with Gasteiger partial charge in [0.05, 0.1) is 11.3 Å². The molecule has 4 bridgehead atoms. The smallest absolute Gasteiger partial charge is 0.339 e. The van der Waals surface area contributed by atoms with Gasteiger partial charge in [-0.1, -0.05) is 0 Å². The topological polar surface area (TPSA) is 63.1 Å². The number of rotatable bonds is 2. The van der Waals surface area contributed by atoms with Crippen LogP contribution in [0.4, 0.5) is 0 Å². The number of hydrogen-bond donors (Lipinski definition) is 1. The number of carbonyl (C=O) groups is 1. The van der Waals surface area contributed by atoms with Gasteiger partial charge < -0.3 is 5.11 Å². The van der Waals surface area contributed by atoms with Crippen LogP contribution in [0.25, 0.3) is 0 Å². The summed E-state index contributed by atoms with van der Waals surface area (Å²) in [6, 6.07) is 0. The summed E-state index contributed by atoms with van der Waals surface area (Å²) in [4.78, 5) is 19.6. The molecule has 0 atom stereocenters. The largest absolute Gasteiger partial charge is 0.478 e. The second-order valence-corrected chi connectivity index (χ2v) is 6.58. The molecule has 4 heteroatoms. The molecule has 19 heavy (non-hydrogen) atoms. The van der Waals surface area contributed by atoms with Crippen molar-refractivity contribution in [2.45, 2.75) is 38.0 Å². The van der Waals surface area contributed by atoms with E-state index in [-0.39, 0.29) is 0 Å². The van der Waals surface area contributed by atoms with Crippen LogP contribution in [0.3, 0.4) is 0 Å². The highest BCUT2D eigenvalue weighted by molar-refractivity contribution is 5.88. The molecule has 0 saturated heterocycles. The Morgan fingerprint density at radius 1 is 1.11 bits per heavy atom. The van der Waals surface area contributed by atoms with Crippen molar-refractivity contribution in [2.75, 3.05) is 0 Å². The normalized spacial score (nSPS) is 39.5. The van der Waals surface area contributed by atoms with Crippen molar-refractivity contribution >= 4 is 5.97 Å². The molecule has 0 unspecified atom stereocenters. The Kier molecular flexibility index (Phi) is 2.41. The third-order valence-electron chi connectivity index (χ3n) is 5.52. The molecule has 0 aliphatic heterocycles. The molecule has 1 heterocycles. The molecule has 0 spiro atoms. The number of carboxylic acids is 1. The summed E-state index contributed by atoms with van der Waals surface area (Å²) in [7, 11) is 0. The first-order valence-electron chi connectivity index (χ1n) is 7.25. The third-order valence-corrected chi connectivity index (χ3v) is 5.52. The van der Waals surface area contributed by atoms with Crippen molar-refractivity contribution in [3.63, 3.8) is 0 Å². The maximum Gasteiger partial charge on any atom is 0.339 e. The van der Waals surface area contributed by atoms with E-state index in [1.807, 2.05) is 0 Å². The van der Waals surface area contributed by atoms with Gasteiger partial charge in [0.15, 0.2) is 0 Å². The quantitative estimate of drug-likeness (QED) is 0.886. The summed E-state index contributed by atoms with van der Waals surface area (Å²) in [5, 5.41) is 9.34. The second-order valence-electron chi connectivity index (χ2n) is 6.58. The van der Waals surface area contributed by atoms with Gasteiger partial charge in [-0.15, -0.1) is 0 Å². The van der Waals surface area contributed by atoms with Crippen LogP contribution in [-0.4, -0.2) is 21.0 Å². The van der Waals surface area contributed by atoms with Crippen LogP contribution in [0.15, 0.2) is 12.5 Å². The molecule has 0 amide bonds. The van der Waals surface area contributed by atoms with E-state index in [1.54, 1.807) is 0 Å². The molecule has 4 aliphatic rings. The first-order chi connectivity index (χ1) is 9.22. The average Bonchev–Trinajstić information content (AvgIpc) is 2.37. The Labute approximate surface area is 112 Å². The average molecular weight is 258 g/mol. The van der Waals surface area contributed by atoms with E-state index in [0.29, 0.717) is 23.3 Å². The molecule has 1 aromatic heterocycles. The summed E-state index contributed by atoms with van der Waals surface area (Å²) in [5.74, 6) is 2.59. The second kappa shape index (κ2) is 4.02. The van der Waals surface area contributed by atoms with E-state index in [1.165, 1.54) is 44.6 Å². The molecule has 4 aliphatic carbocycles. The Bertz CT molecular complexity index is 501. The molecule has 4 nitrogen and oxygen atoms in total. The fourth-order valence-corrected chi connectivity index (χ4v) is 5.14.